The molecule has 0 amide bonds. The van der Waals surface area contributed by atoms with Crippen LogP contribution in [0.15, 0.2) is 55.1 Å². The van der Waals surface area contributed by atoms with Gasteiger partial charge in [-0.3, -0.25) is 0 Å². The second-order valence-corrected chi connectivity index (χ2v) is 5.59. The molecule has 0 radical (unpaired) electrons. The normalized spacial score (nSPS) is 13.8. The van der Waals surface area contributed by atoms with Crippen LogP contribution in [-0.2, 0) is 5.41 Å². The first-order chi connectivity index (χ1) is 9.51. The fraction of sp³-hybridized carbons (Fsp3) is 0.263. The monoisotopic (exact) mass is 265 g/mol. The molecule has 2 N–H and O–H groups in total. The lowest BCUT2D eigenvalue weighted by Gasteiger charge is -2.26. The molecule has 0 saturated carbocycles. The maximum atomic E-state index is 6.19. The molecule has 0 aliphatic rings. The summed E-state index contributed by atoms with van der Waals surface area (Å²) in [6, 6.07) is 14.7. The summed E-state index contributed by atoms with van der Waals surface area (Å²) in [5.74, 6) is 0. The molecule has 0 bridgehead atoms. The second kappa shape index (κ2) is 5.54. The van der Waals surface area contributed by atoms with Crippen molar-refractivity contribution in [1.29, 1.82) is 0 Å². The van der Waals surface area contributed by atoms with E-state index in [1.807, 2.05) is 12.1 Å². The van der Waals surface area contributed by atoms with Crippen LogP contribution in [0, 0.1) is 6.92 Å². The van der Waals surface area contributed by atoms with Gasteiger partial charge in [-0.25, -0.2) is 0 Å². The zero-order valence-electron chi connectivity index (χ0n) is 12.6. The van der Waals surface area contributed by atoms with E-state index in [1.165, 1.54) is 16.7 Å². The Morgan fingerprint density at radius 3 is 2.45 bits per heavy atom. The number of anilines is 1. The summed E-state index contributed by atoms with van der Waals surface area (Å²) in [5.41, 5.74) is 11.8. The average molecular weight is 265 g/mol. The van der Waals surface area contributed by atoms with Gasteiger partial charge < -0.3 is 5.73 Å². The first-order valence-corrected chi connectivity index (χ1v) is 7.11. The Balaban J connectivity index is 2.61. The van der Waals surface area contributed by atoms with Gasteiger partial charge in [0.15, 0.2) is 0 Å². The van der Waals surface area contributed by atoms with Crippen molar-refractivity contribution in [3.8, 4) is 11.1 Å². The van der Waals surface area contributed by atoms with Crippen molar-refractivity contribution in [1.82, 2.24) is 0 Å². The summed E-state index contributed by atoms with van der Waals surface area (Å²) in [5, 5.41) is 0. The van der Waals surface area contributed by atoms with Gasteiger partial charge in [-0.15, -0.1) is 6.58 Å². The van der Waals surface area contributed by atoms with Crippen molar-refractivity contribution >= 4 is 5.69 Å². The van der Waals surface area contributed by atoms with Gasteiger partial charge in [0, 0.05) is 16.7 Å². The predicted molar refractivity (Wildman–Crippen MR) is 88.9 cm³/mol. The molecule has 2 rings (SSSR count). The van der Waals surface area contributed by atoms with E-state index in [0.29, 0.717) is 0 Å². The topological polar surface area (TPSA) is 26.0 Å². The minimum atomic E-state index is -0.00879. The minimum absolute atomic E-state index is 0.00879. The van der Waals surface area contributed by atoms with E-state index in [1.54, 1.807) is 0 Å². The van der Waals surface area contributed by atoms with E-state index in [0.717, 1.165) is 17.7 Å². The third-order valence-corrected chi connectivity index (χ3v) is 4.33. The third-order valence-electron chi connectivity index (χ3n) is 4.33. The van der Waals surface area contributed by atoms with Crippen LogP contribution in [0.1, 0.15) is 31.4 Å². The van der Waals surface area contributed by atoms with Gasteiger partial charge in [0.05, 0.1) is 0 Å². The fourth-order valence-electron chi connectivity index (χ4n) is 2.49. The lowest BCUT2D eigenvalue weighted by atomic mass is 9.79. The van der Waals surface area contributed by atoms with Gasteiger partial charge in [-0.1, -0.05) is 50.3 Å². The number of benzene rings is 2. The van der Waals surface area contributed by atoms with E-state index in [9.17, 15) is 0 Å². The molecular formula is C19H23N. The maximum absolute atomic E-state index is 6.19. The standard InChI is InChI=1S/C19H23N/c1-5-19(4,6-2)15-11-12-18(20)17(13-15)16-10-8-7-9-14(16)3/h5,7-13H,1,6,20H2,2-4H3. The summed E-state index contributed by atoms with van der Waals surface area (Å²) < 4.78 is 0. The first kappa shape index (κ1) is 14.4. The maximum Gasteiger partial charge on any atom is 0.0394 e. The lowest BCUT2D eigenvalue weighted by Crippen LogP contribution is -2.17. The number of aryl methyl sites for hydroxylation is 1. The van der Waals surface area contributed by atoms with Crippen LogP contribution >= 0.6 is 0 Å². The molecule has 0 aromatic heterocycles. The molecule has 1 nitrogen and oxygen atoms in total. The van der Waals surface area contributed by atoms with Crippen LogP contribution in [-0.4, -0.2) is 0 Å². The summed E-state index contributed by atoms with van der Waals surface area (Å²) in [6.07, 6.45) is 3.05. The number of nitrogen functional groups attached to an aromatic ring is 1. The highest BCUT2D eigenvalue weighted by atomic mass is 14.6. The third kappa shape index (κ3) is 2.49. The van der Waals surface area contributed by atoms with Crippen LogP contribution in [0.2, 0.25) is 0 Å². The Labute approximate surface area is 122 Å². The summed E-state index contributed by atoms with van der Waals surface area (Å²) in [6.45, 7) is 10.5. The number of nitrogens with two attached hydrogens (primary N) is 1. The highest BCUT2D eigenvalue weighted by Crippen LogP contribution is 2.35. The summed E-state index contributed by atoms with van der Waals surface area (Å²) in [7, 11) is 0. The Morgan fingerprint density at radius 2 is 1.85 bits per heavy atom. The molecule has 0 saturated heterocycles. The number of hydrogen-bond donors (Lipinski definition) is 1. The zero-order valence-corrected chi connectivity index (χ0v) is 12.6. The Bertz CT molecular complexity index is 627. The minimum Gasteiger partial charge on any atom is -0.398 e. The molecule has 0 spiro atoms. The zero-order chi connectivity index (χ0) is 14.8. The van der Waals surface area contributed by atoms with Crippen molar-refractivity contribution in [2.45, 2.75) is 32.6 Å². The molecule has 0 heterocycles. The molecule has 2 aromatic rings. The van der Waals surface area contributed by atoms with E-state index >= 15 is 0 Å². The van der Waals surface area contributed by atoms with Crippen molar-refractivity contribution < 1.29 is 0 Å². The quantitative estimate of drug-likeness (QED) is 0.604. The smallest absolute Gasteiger partial charge is 0.0394 e. The Morgan fingerprint density at radius 1 is 1.15 bits per heavy atom. The first-order valence-electron chi connectivity index (χ1n) is 7.11. The average Bonchev–Trinajstić information content (AvgIpc) is 2.48. The van der Waals surface area contributed by atoms with Gasteiger partial charge >= 0.3 is 0 Å². The fourth-order valence-corrected chi connectivity index (χ4v) is 2.49. The van der Waals surface area contributed by atoms with Gasteiger partial charge in [0.25, 0.3) is 0 Å². The largest absolute Gasteiger partial charge is 0.398 e. The van der Waals surface area contributed by atoms with Crippen LogP contribution in [0.3, 0.4) is 0 Å². The summed E-state index contributed by atoms with van der Waals surface area (Å²) in [4.78, 5) is 0. The van der Waals surface area contributed by atoms with Crippen LogP contribution < -0.4 is 5.73 Å². The number of hydrogen-bond acceptors (Lipinski definition) is 1. The van der Waals surface area contributed by atoms with E-state index in [-0.39, 0.29) is 5.41 Å². The van der Waals surface area contributed by atoms with Gasteiger partial charge in [-0.05, 0) is 42.2 Å². The van der Waals surface area contributed by atoms with Crippen molar-refractivity contribution in [2.75, 3.05) is 5.73 Å². The Hall–Kier alpha value is -2.02. The van der Waals surface area contributed by atoms with E-state index < -0.39 is 0 Å². The second-order valence-electron chi connectivity index (χ2n) is 5.59. The van der Waals surface area contributed by atoms with E-state index in [2.05, 4.69) is 63.7 Å². The van der Waals surface area contributed by atoms with Crippen molar-refractivity contribution in [3.05, 3.63) is 66.2 Å². The highest BCUT2D eigenvalue weighted by molar-refractivity contribution is 5.79. The van der Waals surface area contributed by atoms with Gasteiger partial charge in [0.2, 0.25) is 0 Å². The van der Waals surface area contributed by atoms with Crippen LogP contribution in [0.25, 0.3) is 11.1 Å². The molecule has 104 valence electrons. The molecule has 0 aliphatic carbocycles. The molecular weight excluding hydrogens is 242 g/mol. The van der Waals surface area contributed by atoms with Crippen LogP contribution in [0.5, 0.6) is 0 Å². The SMILES string of the molecule is C=CC(C)(CC)c1ccc(N)c(-c2ccccc2C)c1. The van der Waals surface area contributed by atoms with Crippen molar-refractivity contribution in [2.24, 2.45) is 0 Å². The summed E-state index contributed by atoms with van der Waals surface area (Å²) >= 11 is 0. The molecule has 20 heavy (non-hydrogen) atoms. The molecule has 1 unspecified atom stereocenters. The van der Waals surface area contributed by atoms with E-state index in [4.69, 9.17) is 5.73 Å². The molecule has 0 aliphatic heterocycles. The van der Waals surface area contributed by atoms with Crippen LogP contribution in [0.4, 0.5) is 5.69 Å². The Kier molecular flexibility index (Phi) is 3.99. The van der Waals surface area contributed by atoms with Gasteiger partial charge in [-0.2, -0.15) is 0 Å². The molecule has 1 atom stereocenters. The molecule has 2 aromatic carbocycles. The molecule has 1 heteroatoms. The molecule has 0 fully saturated rings. The van der Waals surface area contributed by atoms with Gasteiger partial charge in [0.1, 0.15) is 0 Å². The van der Waals surface area contributed by atoms with Crippen molar-refractivity contribution in [3.63, 3.8) is 0 Å². The lowest BCUT2D eigenvalue weighted by molar-refractivity contribution is 0.574. The predicted octanol–water partition coefficient (Wildman–Crippen LogP) is 5.10. The number of allylic oxidation sites excluding steroid dienone is 1. The number of rotatable bonds is 4. The highest BCUT2D eigenvalue weighted by Gasteiger charge is 2.21.